The SMILES string of the molecule is Cc1ccccc1-n1ncc(C(=O)NCc2ccc(-n3ccc(C(F)(F)F)n3)cc2)c1C. The van der Waals surface area contributed by atoms with Crippen LogP contribution >= 0.6 is 0 Å². The van der Waals surface area contributed by atoms with Crippen molar-refractivity contribution in [2.75, 3.05) is 0 Å². The number of hydrogen-bond donors (Lipinski definition) is 1. The van der Waals surface area contributed by atoms with Crippen molar-refractivity contribution >= 4 is 5.91 Å². The summed E-state index contributed by atoms with van der Waals surface area (Å²) in [4.78, 5) is 12.7. The molecule has 4 aromatic rings. The van der Waals surface area contributed by atoms with Gasteiger partial charge in [0.25, 0.3) is 5.91 Å². The lowest BCUT2D eigenvalue weighted by Crippen LogP contribution is -2.23. The molecule has 0 fully saturated rings. The van der Waals surface area contributed by atoms with Crippen molar-refractivity contribution in [3.63, 3.8) is 0 Å². The fraction of sp³-hybridized carbons (Fsp3) is 0.174. The maximum atomic E-state index is 12.7. The van der Waals surface area contributed by atoms with E-state index in [-0.39, 0.29) is 12.5 Å². The van der Waals surface area contributed by atoms with Gasteiger partial charge in [-0.15, -0.1) is 0 Å². The van der Waals surface area contributed by atoms with Crippen LogP contribution in [0.2, 0.25) is 0 Å². The molecule has 0 saturated heterocycles. The van der Waals surface area contributed by atoms with E-state index in [0.717, 1.165) is 33.3 Å². The number of amides is 1. The summed E-state index contributed by atoms with van der Waals surface area (Å²) in [5.41, 5.74) is 3.50. The molecule has 0 bridgehead atoms. The molecule has 9 heteroatoms. The molecule has 0 saturated carbocycles. The molecular weight excluding hydrogens is 419 g/mol. The number of nitrogens with zero attached hydrogens (tertiary/aromatic N) is 4. The lowest BCUT2D eigenvalue weighted by Gasteiger charge is -2.09. The summed E-state index contributed by atoms with van der Waals surface area (Å²) in [6.45, 7) is 4.08. The Bertz CT molecular complexity index is 1260. The van der Waals surface area contributed by atoms with Gasteiger partial charge in [0.05, 0.1) is 28.8 Å². The second-order valence-electron chi connectivity index (χ2n) is 7.33. The Morgan fingerprint density at radius 2 is 1.75 bits per heavy atom. The van der Waals surface area contributed by atoms with Gasteiger partial charge in [-0.25, -0.2) is 9.36 Å². The minimum absolute atomic E-state index is 0.256. The predicted octanol–water partition coefficient (Wildman–Crippen LogP) is 4.62. The zero-order chi connectivity index (χ0) is 22.9. The Balaban J connectivity index is 1.43. The number of aromatic nitrogens is 4. The van der Waals surface area contributed by atoms with Crippen molar-refractivity contribution in [1.29, 1.82) is 0 Å². The van der Waals surface area contributed by atoms with Gasteiger partial charge >= 0.3 is 6.18 Å². The number of alkyl halides is 3. The number of nitrogens with one attached hydrogen (secondary N) is 1. The van der Waals surface area contributed by atoms with Crippen LogP contribution in [-0.2, 0) is 12.7 Å². The molecule has 4 rings (SSSR count). The number of carbonyl (C=O) groups is 1. The van der Waals surface area contributed by atoms with Crippen molar-refractivity contribution in [2.24, 2.45) is 0 Å². The molecule has 0 spiro atoms. The molecule has 1 amide bonds. The fourth-order valence-corrected chi connectivity index (χ4v) is 3.34. The summed E-state index contributed by atoms with van der Waals surface area (Å²) < 4.78 is 41.1. The van der Waals surface area contributed by atoms with E-state index in [0.29, 0.717) is 11.3 Å². The molecule has 0 aliphatic heterocycles. The third-order valence-electron chi connectivity index (χ3n) is 5.13. The molecule has 0 unspecified atom stereocenters. The van der Waals surface area contributed by atoms with Gasteiger partial charge in [0.15, 0.2) is 5.69 Å². The summed E-state index contributed by atoms with van der Waals surface area (Å²) >= 11 is 0. The second-order valence-corrected chi connectivity index (χ2v) is 7.33. The van der Waals surface area contributed by atoms with E-state index in [1.807, 2.05) is 38.1 Å². The average molecular weight is 439 g/mol. The van der Waals surface area contributed by atoms with Gasteiger partial charge < -0.3 is 5.32 Å². The topological polar surface area (TPSA) is 64.7 Å². The minimum Gasteiger partial charge on any atom is -0.348 e. The lowest BCUT2D eigenvalue weighted by atomic mass is 10.2. The first-order chi connectivity index (χ1) is 15.2. The Labute approximate surface area is 182 Å². The minimum atomic E-state index is -4.49. The van der Waals surface area contributed by atoms with E-state index in [1.54, 1.807) is 28.9 Å². The van der Waals surface area contributed by atoms with Gasteiger partial charge in [-0.05, 0) is 49.2 Å². The molecule has 0 radical (unpaired) electrons. The van der Waals surface area contributed by atoms with Crippen molar-refractivity contribution < 1.29 is 18.0 Å². The number of rotatable bonds is 5. The van der Waals surface area contributed by atoms with Crippen LogP contribution in [0.5, 0.6) is 0 Å². The third kappa shape index (κ3) is 4.27. The summed E-state index contributed by atoms with van der Waals surface area (Å²) in [5, 5.41) is 10.8. The van der Waals surface area contributed by atoms with Gasteiger partial charge in [0.2, 0.25) is 0 Å². The second kappa shape index (κ2) is 8.33. The first-order valence-corrected chi connectivity index (χ1v) is 9.85. The predicted molar refractivity (Wildman–Crippen MR) is 113 cm³/mol. The molecule has 0 aliphatic rings. The number of halogens is 3. The molecule has 32 heavy (non-hydrogen) atoms. The zero-order valence-corrected chi connectivity index (χ0v) is 17.4. The Kier molecular flexibility index (Phi) is 5.56. The van der Waals surface area contributed by atoms with Gasteiger partial charge in [-0.1, -0.05) is 30.3 Å². The van der Waals surface area contributed by atoms with Crippen molar-refractivity contribution in [1.82, 2.24) is 24.9 Å². The normalized spacial score (nSPS) is 11.5. The van der Waals surface area contributed by atoms with Crippen LogP contribution < -0.4 is 5.32 Å². The highest BCUT2D eigenvalue weighted by Gasteiger charge is 2.33. The highest BCUT2D eigenvalue weighted by molar-refractivity contribution is 5.95. The van der Waals surface area contributed by atoms with Crippen LogP contribution in [0.1, 0.15) is 32.9 Å². The monoisotopic (exact) mass is 439 g/mol. The quantitative estimate of drug-likeness (QED) is 0.493. The van der Waals surface area contributed by atoms with Gasteiger partial charge in [0.1, 0.15) is 0 Å². The highest BCUT2D eigenvalue weighted by Crippen LogP contribution is 2.28. The molecule has 2 aromatic carbocycles. The van der Waals surface area contributed by atoms with E-state index in [4.69, 9.17) is 0 Å². The van der Waals surface area contributed by atoms with Crippen molar-refractivity contribution in [3.8, 4) is 11.4 Å². The summed E-state index contributed by atoms with van der Waals surface area (Å²) in [6, 6.07) is 15.5. The molecule has 164 valence electrons. The highest BCUT2D eigenvalue weighted by atomic mass is 19.4. The van der Waals surface area contributed by atoms with Gasteiger partial charge in [0, 0.05) is 12.7 Å². The van der Waals surface area contributed by atoms with E-state index < -0.39 is 11.9 Å². The van der Waals surface area contributed by atoms with E-state index in [1.165, 1.54) is 12.4 Å². The molecular formula is C23H20F3N5O. The Morgan fingerprint density at radius 1 is 1.03 bits per heavy atom. The van der Waals surface area contributed by atoms with Gasteiger partial charge in [-0.3, -0.25) is 4.79 Å². The van der Waals surface area contributed by atoms with Crippen molar-refractivity contribution in [2.45, 2.75) is 26.6 Å². The van der Waals surface area contributed by atoms with Crippen LogP contribution in [-0.4, -0.2) is 25.5 Å². The first-order valence-electron chi connectivity index (χ1n) is 9.85. The summed E-state index contributed by atoms with van der Waals surface area (Å²) in [7, 11) is 0. The molecule has 2 aromatic heterocycles. The number of carbonyl (C=O) groups excluding carboxylic acids is 1. The fourth-order valence-electron chi connectivity index (χ4n) is 3.34. The van der Waals surface area contributed by atoms with Crippen LogP contribution in [0.15, 0.2) is 67.0 Å². The van der Waals surface area contributed by atoms with Crippen LogP contribution in [0.25, 0.3) is 11.4 Å². The van der Waals surface area contributed by atoms with E-state index in [2.05, 4.69) is 15.5 Å². The molecule has 0 aliphatic carbocycles. The molecule has 6 nitrogen and oxygen atoms in total. The first kappa shape index (κ1) is 21.4. The standard InChI is InChI=1S/C23H20F3N5O/c1-15-5-3-4-6-20(15)31-16(2)19(14-28-31)22(32)27-13-17-7-9-18(10-8-17)30-12-11-21(29-30)23(24,25)26/h3-12,14H,13H2,1-2H3,(H,27,32). The maximum absolute atomic E-state index is 12.7. The molecule has 0 atom stereocenters. The number of benzene rings is 2. The number of hydrogen-bond acceptors (Lipinski definition) is 3. The van der Waals surface area contributed by atoms with Crippen molar-refractivity contribution in [3.05, 3.63) is 95.1 Å². The van der Waals surface area contributed by atoms with Gasteiger partial charge in [-0.2, -0.15) is 23.4 Å². The van der Waals surface area contributed by atoms with E-state index in [9.17, 15) is 18.0 Å². The Morgan fingerprint density at radius 3 is 2.41 bits per heavy atom. The summed E-state index contributed by atoms with van der Waals surface area (Å²) in [6.07, 6.45) is -1.69. The van der Waals surface area contributed by atoms with Crippen LogP contribution in [0.4, 0.5) is 13.2 Å². The number of aryl methyl sites for hydroxylation is 1. The summed E-state index contributed by atoms with van der Waals surface area (Å²) in [5.74, 6) is -0.256. The Hall–Kier alpha value is -3.88. The lowest BCUT2D eigenvalue weighted by molar-refractivity contribution is -0.141. The maximum Gasteiger partial charge on any atom is 0.435 e. The molecule has 1 N–H and O–H groups in total. The smallest absolute Gasteiger partial charge is 0.348 e. The zero-order valence-electron chi connectivity index (χ0n) is 17.4. The molecule has 2 heterocycles. The third-order valence-corrected chi connectivity index (χ3v) is 5.13. The van der Waals surface area contributed by atoms with Crippen LogP contribution in [0.3, 0.4) is 0 Å². The average Bonchev–Trinajstić information content (AvgIpc) is 3.40. The largest absolute Gasteiger partial charge is 0.435 e. The van der Waals surface area contributed by atoms with Crippen LogP contribution in [0, 0.1) is 13.8 Å². The number of para-hydroxylation sites is 1. The van der Waals surface area contributed by atoms with E-state index >= 15 is 0 Å².